The van der Waals surface area contributed by atoms with Crippen LogP contribution in [0.1, 0.15) is 11.1 Å². The number of halogens is 1. The van der Waals surface area contributed by atoms with Crippen molar-refractivity contribution in [1.82, 2.24) is 0 Å². The van der Waals surface area contributed by atoms with Crippen LogP contribution in [0.5, 0.6) is 5.75 Å². The molecule has 0 saturated heterocycles. The van der Waals surface area contributed by atoms with Crippen LogP contribution in [0.2, 0.25) is 0 Å². The number of rotatable bonds is 5. The molecule has 1 atom stereocenters. The molecule has 0 bridgehead atoms. The Bertz CT molecular complexity index is 584. The summed E-state index contributed by atoms with van der Waals surface area (Å²) in [7, 11) is 0.455. The molecule has 2 aromatic carbocycles. The molecule has 0 amide bonds. The SMILES string of the molecule is COc1cccc(CS(=O)Cc2ccccc2F)c1. The second kappa shape index (κ2) is 6.48. The first kappa shape index (κ1) is 13.7. The van der Waals surface area contributed by atoms with Crippen LogP contribution in [-0.4, -0.2) is 11.3 Å². The average molecular weight is 278 g/mol. The van der Waals surface area contributed by atoms with Crippen molar-refractivity contribution in [1.29, 1.82) is 0 Å². The van der Waals surface area contributed by atoms with Gasteiger partial charge in [-0.25, -0.2) is 4.39 Å². The summed E-state index contributed by atoms with van der Waals surface area (Å²) in [5.74, 6) is 1.05. The predicted molar refractivity (Wildman–Crippen MR) is 74.9 cm³/mol. The zero-order valence-electron chi connectivity index (χ0n) is 10.6. The van der Waals surface area contributed by atoms with Crippen molar-refractivity contribution in [3.8, 4) is 5.75 Å². The van der Waals surface area contributed by atoms with E-state index in [9.17, 15) is 8.60 Å². The molecule has 0 fully saturated rings. The third kappa shape index (κ3) is 3.89. The molecular weight excluding hydrogens is 263 g/mol. The Morgan fingerprint density at radius 2 is 1.89 bits per heavy atom. The van der Waals surface area contributed by atoms with E-state index in [1.165, 1.54) is 6.07 Å². The van der Waals surface area contributed by atoms with Crippen molar-refractivity contribution < 1.29 is 13.3 Å². The van der Waals surface area contributed by atoms with Gasteiger partial charge >= 0.3 is 0 Å². The molecule has 2 nitrogen and oxygen atoms in total. The van der Waals surface area contributed by atoms with Crippen molar-refractivity contribution in [2.45, 2.75) is 11.5 Å². The van der Waals surface area contributed by atoms with Gasteiger partial charge in [-0.1, -0.05) is 30.3 Å². The number of hydrogen-bond acceptors (Lipinski definition) is 2. The van der Waals surface area contributed by atoms with Crippen molar-refractivity contribution in [3.63, 3.8) is 0 Å². The Labute approximate surface area is 114 Å². The molecule has 0 spiro atoms. The van der Waals surface area contributed by atoms with Crippen molar-refractivity contribution in [2.24, 2.45) is 0 Å². The summed E-state index contributed by atoms with van der Waals surface area (Å²) in [4.78, 5) is 0. The van der Waals surface area contributed by atoms with Crippen LogP contribution in [-0.2, 0) is 22.3 Å². The Morgan fingerprint density at radius 3 is 2.63 bits per heavy atom. The smallest absolute Gasteiger partial charge is 0.127 e. The van der Waals surface area contributed by atoms with Gasteiger partial charge in [0.15, 0.2) is 0 Å². The second-order valence-corrected chi connectivity index (χ2v) is 5.63. The molecule has 0 aliphatic heterocycles. The average Bonchev–Trinajstić information content (AvgIpc) is 2.41. The van der Waals surface area contributed by atoms with Crippen LogP contribution in [0.15, 0.2) is 48.5 Å². The minimum atomic E-state index is -1.14. The lowest BCUT2D eigenvalue weighted by Crippen LogP contribution is -2.01. The zero-order chi connectivity index (χ0) is 13.7. The molecule has 0 aromatic heterocycles. The van der Waals surface area contributed by atoms with Crippen LogP contribution in [0.3, 0.4) is 0 Å². The Morgan fingerprint density at radius 1 is 1.11 bits per heavy atom. The van der Waals surface area contributed by atoms with Gasteiger partial charge in [-0.05, 0) is 23.8 Å². The molecule has 0 saturated carbocycles. The topological polar surface area (TPSA) is 26.3 Å². The standard InChI is InChI=1S/C15H15FO2S/c1-18-14-7-4-5-12(9-14)10-19(17)11-13-6-2-3-8-15(13)16/h2-9H,10-11H2,1H3. The maximum absolute atomic E-state index is 13.5. The maximum Gasteiger partial charge on any atom is 0.127 e. The minimum absolute atomic E-state index is 0.226. The third-order valence-electron chi connectivity index (χ3n) is 2.74. The van der Waals surface area contributed by atoms with Crippen molar-refractivity contribution >= 4 is 10.8 Å². The second-order valence-electron chi connectivity index (χ2n) is 4.17. The zero-order valence-corrected chi connectivity index (χ0v) is 11.5. The fraction of sp³-hybridized carbons (Fsp3) is 0.200. The van der Waals surface area contributed by atoms with Crippen LogP contribution in [0.4, 0.5) is 4.39 Å². The molecule has 100 valence electrons. The molecule has 0 N–H and O–H groups in total. The predicted octanol–water partition coefficient (Wildman–Crippen LogP) is 3.28. The van der Waals surface area contributed by atoms with Crippen LogP contribution >= 0.6 is 0 Å². The highest BCUT2D eigenvalue weighted by Gasteiger charge is 2.07. The first-order valence-electron chi connectivity index (χ1n) is 5.90. The van der Waals surface area contributed by atoms with Crippen LogP contribution in [0, 0.1) is 5.82 Å². The summed E-state index contributed by atoms with van der Waals surface area (Å²) >= 11 is 0. The van der Waals surface area contributed by atoms with E-state index in [-0.39, 0.29) is 11.6 Å². The minimum Gasteiger partial charge on any atom is -0.497 e. The Hall–Kier alpha value is -1.68. The molecule has 0 aliphatic rings. The van der Waals surface area contributed by atoms with E-state index in [4.69, 9.17) is 4.74 Å². The number of ether oxygens (including phenoxy) is 1. The van der Waals surface area contributed by atoms with E-state index in [2.05, 4.69) is 0 Å². The van der Waals surface area contributed by atoms with Gasteiger partial charge in [-0.3, -0.25) is 4.21 Å². The van der Waals surface area contributed by atoms with Crippen LogP contribution in [0.25, 0.3) is 0 Å². The Kier molecular flexibility index (Phi) is 4.68. The fourth-order valence-electron chi connectivity index (χ4n) is 1.79. The molecular formula is C15H15FO2S. The summed E-state index contributed by atoms with van der Waals surface area (Å²) in [6, 6.07) is 13.9. The molecule has 0 aliphatic carbocycles. The lowest BCUT2D eigenvalue weighted by Gasteiger charge is -2.06. The number of methoxy groups -OCH3 is 1. The molecule has 1 unspecified atom stereocenters. The van der Waals surface area contributed by atoms with Gasteiger partial charge in [-0.2, -0.15) is 0 Å². The van der Waals surface area contributed by atoms with E-state index < -0.39 is 10.8 Å². The molecule has 19 heavy (non-hydrogen) atoms. The number of hydrogen-bond donors (Lipinski definition) is 0. The van der Waals surface area contributed by atoms with Gasteiger partial charge in [0.05, 0.1) is 12.9 Å². The Balaban J connectivity index is 2.03. The monoisotopic (exact) mass is 278 g/mol. The summed E-state index contributed by atoms with van der Waals surface area (Å²) in [5, 5.41) is 0. The summed E-state index contributed by atoms with van der Waals surface area (Å²) in [6.45, 7) is 0. The van der Waals surface area contributed by atoms with Crippen molar-refractivity contribution in [3.05, 3.63) is 65.5 Å². The molecule has 4 heteroatoms. The van der Waals surface area contributed by atoms with E-state index in [1.807, 2.05) is 24.3 Å². The molecule has 0 radical (unpaired) electrons. The summed E-state index contributed by atoms with van der Waals surface area (Å²) in [5.41, 5.74) is 1.41. The molecule has 0 heterocycles. The largest absolute Gasteiger partial charge is 0.497 e. The third-order valence-corrected chi connectivity index (χ3v) is 4.02. The maximum atomic E-state index is 13.5. The molecule has 2 aromatic rings. The van der Waals surface area contributed by atoms with Crippen molar-refractivity contribution in [2.75, 3.05) is 7.11 Å². The van der Waals surface area contributed by atoms with E-state index in [0.29, 0.717) is 11.3 Å². The van der Waals surface area contributed by atoms with Gasteiger partial charge in [0, 0.05) is 22.1 Å². The van der Waals surface area contributed by atoms with Gasteiger partial charge in [-0.15, -0.1) is 0 Å². The summed E-state index contributed by atoms with van der Waals surface area (Å²) < 4.78 is 30.6. The fourth-order valence-corrected chi connectivity index (χ4v) is 3.02. The van der Waals surface area contributed by atoms with Gasteiger partial charge < -0.3 is 4.74 Å². The highest BCUT2D eigenvalue weighted by atomic mass is 32.2. The lowest BCUT2D eigenvalue weighted by molar-refractivity contribution is 0.414. The van der Waals surface area contributed by atoms with Gasteiger partial charge in [0.2, 0.25) is 0 Å². The first-order valence-corrected chi connectivity index (χ1v) is 7.39. The van der Waals surface area contributed by atoms with E-state index in [0.717, 1.165) is 11.3 Å². The normalized spacial score (nSPS) is 12.1. The highest BCUT2D eigenvalue weighted by molar-refractivity contribution is 7.83. The lowest BCUT2D eigenvalue weighted by atomic mass is 10.2. The van der Waals surface area contributed by atoms with Crippen LogP contribution < -0.4 is 4.74 Å². The quantitative estimate of drug-likeness (QED) is 0.839. The summed E-state index contributed by atoms with van der Waals surface area (Å²) in [6.07, 6.45) is 0. The van der Waals surface area contributed by atoms with Gasteiger partial charge in [0.1, 0.15) is 11.6 Å². The highest BCUT2D eigenvalue weighted by Crippen LogP contribution is 2.16. The van der Waals surface area contributed by atoms with Gasteiger partial charge in [0.25, 0.3) is 0 Å². The van der Waals surface area contributed by atoms with E-state index >= 15 is 0 Å². The molecule has 2 rings (SSSR count). The van der Waals surface area contributed by atoms with E-state index in [1.54, 1.807) is 25.3 Å². The first-order chi connectivity index (χ1) is 9.19. The number of benzene rings is 2.